The molecule has 1 aliphatic heterocycles. The summed E-state index contributed by atoms with van der Waals surface area (Å²) in [5.74, 6) is 0. The number of thiophene rings is 1. The summed E-state index contributed by atoms with van der Waals surface area (Å²) >= 11 is 1.69. The van der Waals surface area contributed by atoms with Crippen LogP contribution in [0.5, 0.6) is 0 Å². The van der Waals surface area contributed by atoms with Crippen molar-refractivity contribution in [1.29, 1.82) is 0 Å². The van der Waals surface area contributed by atoms with E-state index in [9.17, 15) is 4.79 Å². The van der Waals surface area contributed by atoms with Crippen molar-refractivity contribution in [1.82, 2.24) is 5.32 Å². The first-order chi connectivity index (χ1) is 6.18. The second kappa shape index (κ2) is 3.03. The van der Waals surface area contributed by atoms with Crippen molar-refractivity contribution in [2.24, 2.45) is 0 Å². The smallest absolute Gasteiger partial charge is 0.407 e. The summed E-state index contributed by atoms with van der Waals surface area (Å²) in [5, 5.41) is 4.70. The number of nitrogens with one attached hydrogen (secondary N) is 1. The van der Waals surface area contributed by atoms with Gasteiger partial charge in [0.25, 0.3) is 0 Å². The van der Waals surface area contributed by atoms with Gasteiger partial charge in [0.2, 0.25) is 0 Å². The SMILES string of the molecule is CC1(Cc2cccs2)CNC(=O)O1. The standard InChI is InChI=1S/C9H11NO2S/c1-9(6-10-8(11)12-9)5-7-3-2-4-13-7/h2-4H,5-6H2,1H3,(H,10,11). The highest BCUT2D eigenvalue weighted by molar-refractivity contribution is 7.09. The molecule has 1 aromatic rings. The van der Waals surface area contributed by atoms with E-state index in [4.69, 9.17) is 4.74 Å². The summed E-state index contributed by atoms with van der Waals surface area (Å²) in [6.07, 6.45) is 0.489. The monoisotopic (exact) mass is 197 g/mol. The molecule has 1 aliphatic rings. The van der Waals surface area contributed by atoms with Crippen molar-refractivity contribution in [2.45, 2.75) is 18.9 Å². The van der Waals surface area contributed by atoms with Crippen molar-refractivity contribution in [2.75, 3.05) is 6.54 Å². The highest BCUT2D eigenvalue weighted by Crippen LogP contribution is 2.23. The Balaban J connectivity index is 2.05. The molecule has 0 spiro atoms. The normalized spacial score (nSPS) is 27.0. The second-order valence-electron chi connectivity index (χ2n) is 3.45. The van der Waals surface area contributed by atoms with Crippen LogP contribution in [0.25, 0.3) is 0 Å². The lowest BCUT2D eigenvalue weighted by Crippen LogP contribution is -2.31. The van der Waals surface area contributed by atoms with Crippen LogP contribution in [0.2, 0.25) is 0 Å². The lowest BCUT2D eigenvalue weighted by Gasteiger charge is -2.19. The van der Waals surface area contributed by atoms with Crippen LogP contribution in [0.1, 0.15) is 11.8 Å². The second-order valence-corrected chi connectivity index (χ2v) is 4.48. The third kappa shape index (κ3) is 1.83. The van der Waals surface area contributed by atoms with E-state index in [2.05, 4.69) is 11.4 Å². The molecule has 2 heterocycles. The Morgan fingerprint density at radius 3 is 3.15 bits per heavy atom. The summed E-state index contributed by atoms with van der Waals surface area (Å²) in [7, 11) is 0. The number of cyclic esters (lactones) is 1. The average molecular weight is 197 g/mol. The third-order valence-electron chi connectivity index (χ3n) is 2.07. The van der Waals surface area contributed by atoms with E-state index in [1.165, 1.54) is 4.88 Å². The van der Waals surface area contributed by atoms with Crippen LogP contribution in [-0.2, 0) is 11.2 Å². The Morgan fingerprint density at radius 2 is 2.62 bits per heavy atom. The Hall–Kier alpha value is -1.03. The minimum absolute atomic E-state index is 0.306. The maximum atomic E-state index is 10.9. The molecule has 2 rings (SSSR count). The number of carbonyl (C=O) groups excluding carboxylic acids is 1. The van der Waals surface area contributed by atoms with Crippen molar-refractivity contribution >= 4 is 17.4 Å². The summed E-state index contributed by atoms with van der Waals surface area (Å²) in [6, 6.07) is 4.07. The number of hydrogen-bond acceptors (Lipinski definition) is 3. The predicted octanol–water partition coefficient (Wildman–Crippen LogP) is 1.79. The molecule has 1 unspecified atom stereocenters. The largest absolute Gasteiger partial charge is 0.441 e. The molecule has 0 bridgehead atoms. The van der Waals surface area contributed by atoms with Crippen LogP contribution >= 0.6 is 11.3 Å². The Morgan fingerprint density at radius 1 is 1.77 bits per heavy atom. The Kier molecular flexibility index (Phi) is 2.00. The Bertz CT molecular complexity index is 309. The molecule has 1 fully saturated rings. The molecule has 1 aromatic heterocycles. The van der Waals surface area contributed by atoms with Gasteiger partial charge in [0.1, 0.15) is 5.60 Å². The molecule has 1 saturated heterocycles. The number of rotatable bonds is 2. The predicted molar refractivity (Wildman–Crippen MR) is 50.9 cm³/mol. The van der Waals surface area contributed by atoms with Crippen LogP contribution in [0.3, 0.4) is 0 Å². The topological polar surface area (TPSA) is 38.3 Å². The van der Waals surface area contributed by atoms with Gasteiger partial charge < -0.3 is 10.1 Å². The third-order valence-corrected chi connectivity index (χ3v) is 2.95. The van der Waals surface area contributed by atoms with Crippen LogP contribution in [0, 0.1) is 0 Å². The van der Waals surface area contributed by atoms with Gasteiger partial charge in [-0.15, -0.1) is 11.3 Å². The van der Waals surface area contributed by atoms with E-state index in [0.29, 0.717) is 6.54 Å². The van der Waals surface area contributed by atoms with Gasteiger partial charge in [-0.2, -0.15) is 0 Å². The maximum absolute atomic E-state index is 10.9. The average Bonchev–Trinajstić information content (AvgIpc) is 2.62. The number of alkyl carbamates (subject to hydrolysis) is 1. The van der Waals surface area contributed by atoms with Crippen molar-refractivity contribution < 1.29 is 9.53 Å². The van der Waals surface area contributed by atoms with Crippen LogP contribution in [0.4, 0.5) is 4.79 Å². The van der Waals surface area contributed by atoms with Crippen LogP contribution in [-0.4, -0.2) is 18.2 Å². The minimum Gasteiger partial charge on any atom is -0.441 e. The fourth-order valence-corrected chi connectivity index (χ4v) is 2.31. The minimum atomic E-state index is -0.359. The highest BCUT2D eigenvalue weighted by Gasteiger charge is 2.35. The molecular weight excluding hydrogens is 186 g/mol. The maximum Gasteiger partial charge on any atom is 0.407 e. The highest BCUT2D eigenvalue weighted by atomic mass is 32.1. The molecule has 3 nitrogen and oxygen atoms in total. The van der Waals surface area contributed by atoms with E-state index in [1.807, 2.05) is 18.4 Å². The summed E-state index contributed by atoms with van der Waals surface area (Å²) in [6.45, 7) is 2.55. The van der Waals surface area contributed by atoms with Gasteiger partial charge in [-0.25, -0.2) is 4.79 Å². The van der Waals surface area contributed by atoms with E-state index < -0.39 is 0 Å². The number of carbonyl (C=O) groups is 1. The van der Waals surface area contributed by atoms with Gasteiger partial charge in [-0.3, -0.25) is 0 Å². The van der Waals surface area contributed by atoms with Crippen LogP contribution < -0.4 is 5.32 Å². The van der Waals surface area contributed by atoms with E-state index in [1.54, 1.807) is 11.3 Å². The molecule has 0 saturated carbocycles. The summed E-state index contributed by atoms with van der Waals surface area (Å²) in [4.78, 5) is 12.1. The summed E-state index contributed by atoms with van der Waals surface area (Å²) in [5.41, 5.74) is -0.359. The molecule has 0 aliphatic carbocycles. The molecule has 1 N–H and O–H groups in total. The molecular formula is C9H11NO2S. The molecule has 1 atom stereocenters. The molecule has 1 amide bonds. The lowest BCUT2D eigenvalue weighted by atomic mass is 10.0. The van der Waals surface area contributed by atoms with Crippen LogP contribution in [0.15, 0.2) is 17.5 Å². The van der Waals surface area contributed by atoms with Gasteiger partial charge in [-0.1, -0.05) is 6.07 Å². The quantitative estimate of drug-likeness (QED) is 0.785. The molecule has 0 radical (unpaired) electrons. The molecule has 70 valence electrons. The molecule has 4 heteroatoms. The first-order valence-corrected chi connectivity index (χ1v) is 5.05. The van der Waals surface area contributed by atoms with Gasteiger partial charge in [0, 0.05) is 11.3 Å². The van der Waals surface area contributed by atoms with Gasteiger partial charge in [-0.05, 0) is 18.4 Å². The van der Waals surface area contributed by atoms with E-state index in [-0.39, 0.29) is 11.7 Å². The van der Waals surface area contributed by atoms with E-state index >= 15 is 0 Å². The fourth-order valence-electron chi connectivity index (χ4n) is 1.44. The number of ether oxygens (including phenoxy) is 1. The number of amides is 1. The number of hydrogen-bond donors (Lipinski definition) is 1. The van der Waals surface area contributed by atoms with Crippen molar-refractivity contribution in [3.63, 3.8) is 0 Å². The van der Waals surface area contributed by atoms with E-state index in [0.717, 1.165) is 6.42 Å². The first-order valence-electron chi connectivity index (χ1n) is 4.17. The molecule has 0 aromatic carbocycles. The zero-order valence-corrected chi connectivity index (χ0v) is 8.19. The van der Waals surface area contributed by atoms with Crippen molar-refractivity contribution in [3.8, 4) is 0 Å². The van der Waals surface area contributed by atoms with Gasteiger partial charge >= 0.3 is 6.09 Å². The zero-order chi connectivity index (χ0) is 9.31. The Labute approximate surface area is 80.7 Å². The first kappa shape index (κ1) is 8.56. The van der Waals surface area contributed by atoms with Crippen molar-refractivity contribution in [3.05, 3.63) is 22.4 Å². The zero-order valence-electron chi connectivity index (χ0n) is 7.37. The lowest BCUT2D eigenvalue weighted by molar-refractivity contribution is 0.0731. The van der Waals surface area contributed by atoms with Gasteiger partial charge in [0.15, 0.2) is 0 Å². The molecule has 13 heavy (non-hydrogen) atoms. The fraction of sp³-hybridized carbons (Fsp3) is 0.444. The summed E-state index contributed by atoms with van der Waals surface area (Å²) < 4.78 is 5.18. The van der Waals surface area contributed by atoms with Gasteiger partial charge in [0.05, 0.1) is 6.54 Å².